The van der Waals surface area contributed by atoms with E-state index < -0.39 is 23.9 Å². The van der Waals surface area contributed by atoms with E-state index in [0.29, 0.717) is 6.42 Å². The lowest BCUT2D eigenvalue weighted by Crippen LogP contribution is -2.42. The number of carbonyl (C=O) groups is 3. The second-order valence-corrected chi connectivity index (χ2v) is 6.45. The van der Waals surface area contributed by atoms with E-state index in [1.165, 1.54) is 0 Å². The van der Waals surface area contributed by atoms with Crippen LogP contribution in [-0.2, 0) is 16.1 Å². The molecule has 1 heterocycles. The smallest absolute Gasteiger partial charge is 0.326 e. The zero-order valence-corrected chi connectivity index (χ0v) is 15.0. The number of carbonyl (C=O) groups excluding carboxylic acids is 2. The fourth-order valence-corrected chi connectivity index (χ4v) is 2.81. The van der Waals surface area contributed by atoms with E-state index in [0.717, 1.165) is 15.4 Å². The Hall–Kier alpha value is -2.55. The highest BCUT2D eigenvalue weighted by molar-refractivity contribution is 9.10. The Morgan fingerprint density at radius 3 is 2.72 bits per heavy atom. The van der Waals surface area contributed by atoms with Crippen LogP contribution in [0.2, 0.25) is 0 Å². The van der Waals surface area contributed by atoms with Crippen molar-refractivity contribution in [3.05, 3.63) is 34.9 Å². The second kappa shape index (κ2) is 8.52. The monoisotopic (exact) mass is 410 g/mol. The highest BCUT2D eigenvalue weighted by Crippen LogP contribution is 2.20. The molecule has 0 saturated heterocycles. The van der Waals surface area contributed by atoms with Gasteiger partial charge in [0.2, 0.25) is 5.91 Å². The minimum atomic E-state index is -1.12. The van der Waals surface area contributed by atoms with Crippen molar-refractivity contribution < 1.29 is 19.5 Å². The lowest BCUT2D eigenvalue weighted by atomic mass is 10.1. The third-order valence-electron chi connectivity index (χ3n) is 3.65. The van der Waals surface area contributed by atoms with Gasteiger partial charge in [-0.05, 0) is 36.4 Å². The molecule has 1 unspecified atom stereocenters. The number of nitrogens with zero attached hydrogens (tertiary/aromatic N) is 1. The van der Waals surface area contributed by atoms with Crippen LogP contribution in [0.25, 0.3) is 10.9 Å². The third-order valence-corrected chi connectivity index (χ3v) is 4.15. The van der Waals surface area contributed by atoms with Crippen molar-refractivity contribution in [3.8, 4) is 0 Å². The first-order chi connectivity index (χ1) is 11.9. The molecule has 134 valence electrons. The fourth-order valence-electron chi connectivity index (χ4n) is 2.46. The number of urea groups is 1. The summed E-state index contributed by atoms with van der Waals surface area (Å²) < 4.78 is 2.65. The van der Waals surface area contributed by atoms with Crippen LogP contribution in [0.4, 0.5) is 4.79 Å². The molecule has 0 radical (unpaired) electrons. The highest BCUT2D eigenvalue weighted by atomic mass is 79.9. The number of halogens is 1. The Kier molecular flexibility index (Phi) is 6.40. The van der Waals surface area contributed by atoms with Crippen LogP contribution in [0.15, 0.2) is 34.9 Å². The summed E-state index contributed by atoms with van der Waals surface area (Å²) in [5.41, 5.74) is 5.82. The number of aromatic nitrogens is 1. The minimum Gasteiger partial charge on any atom is -0.480 e. The van der Waals surface area contributed by atoms with Gasteiger partial charge in [-0.25, -0.2) is 9.59 Å². The molecule has 0 fully saturated rings. The van der Waals surface area contributed by atoms with Crippen molar-refractivity contribution in [2.45, 2.75) is 25.4 Å². The van der Waals surface area contributed by atoms with Crippen molar-refractivity contribution >= 4 is 44.7 Å². The first-order valence-corrected chi connectivity index (χ1v) is 8.46. The summed E-state index contributed by atoms with van der Waals surface area (Å²) in [7, 11) is 0. The maximum atomic E-state index is 12.2. The van der Waals surface area contributed by atoms with Gasteiger partial charge in [-0.3, -0.25) is 4.79 Å². The van der Waals surface area contributed by atoms with Gasteiger partial charge in [0, 0.05) is 22.7 Å². The van der Waals surface area contributed by atoms with Crippen LogP contribution in [-0.4, -0.2) is 40.2 Å². The van der Waals surface area contributed by atoms with Crippen molar-refractivity contribution in [1.82, 2.24) is 15.2 Å². The van der Waals surface area contributed by atoms with E-state index in [2.05, 4.69) is 26.6 Å². The van der Waals surface area contributed by atoms with E-state index in [1.54, 1.807) is 10.8 Å². The van der Waals surface area contributed by atoms with E-state index >= 15 is 0 Å². The number of hydrogen-bond donors (Lipinski definition) is 4. The molecule has 0 saturated carbocycles. The van der Waals surface area contributed by atoms with Gasteiger partial charge in [0.15, 0.2) is 0 Å². The summed E-state index contributed by atoms with van der Waals surface area (Å²) in [6, 6.07) is 5.94. The quantitative estimate of drug-likeness (QED) is 0.490. The number of carboxylic acids is 1. The molecule has 25 heavy (non-hydrogen) atoms. The standard InChI is InChI=1S/C16H19BrN4O4/c17-11-4-3-10-5-7-21(13(10)8-11)9-14(22)20-12(15(23)24)2-1-6-19-16(18)25/h3-5,7-8,12H,1-2,6,9H2,(H,20,22)(H,23,24)(H3,18,19,25). The number of benzene rings is 1. The molecule has 0 aliphatic rings. The molecule has 0 bridgehead atoms. The molecule has 3 amide bonds. The molecular formula is C16H19BrN4O4. The van der Waals surface area contributed by atoms with Crippen LogP contribution < -0.4 is 16.4 Å². The Bertz CT molecular complexity index is 790. The van der Waals surface area contributed by atoms with Gasteiger partial charge in [0.05, 0.1) is 0 Å². The average molecular weight is 411 g/mol. The average Bonchev–Trinajstić information content (AvgIpc) is 2.92. The summed E-state index contributed by atoms with van der Waals surface area (Å²) >= 11 is 3.39. The maximum absolute atomic E-state index is 12.2. The number of nitrogens with one attached hydrogen (secondary N) is 2. The number of fused-ring (bicyclic) bond motifs is 1. The molecule has 5 N–H and O–H groups in total. The normalized spacial score (nSPS) is 11.9. The highest BCUT2D eigenvalue weighted by Gasteiger charge is 2.19. The molecule has 8 nitrogen and oxygen atoms in total. The summed E-state index contributed by atoms with van der Waals surface area (Å²) in [6.45, 7) is 0.272. The largest absolute Gasteiger partial charge is 0.480 e. The molecular weight excluding hydrogens is 392 g/mol. The molecule has 2 rings (SSSR count). The molecule has 1 atom stereocenters. The minimum absolute atomic E-state index is 0.0171. The van der Waals surface area contributed by atoms with Crippen molar-refractivity contribution in [2.24, 2.45) is 5.73 Å². The summed E-state index contributed by atoms with van der Waals surface area (Å²) in [6.07, 6.45) is 2.36. The van der Waals surface area contributed by atoms with E-state index in [4.69, 9.17) is 5.73 Å². The second-order valence-electron chi connectivity index (χ2n) is 5.54. The van der Waals surface area contributed by atoms with Crippen LogP contribution in [0, 0.1) is 0 Å². The van der Waals surface area contributed by atoms with Gasteiger partial charge < -0.3 is 26.0 Å². The Morgan fingerprint density at radius 2 is 2.04 bits per heavy atom. The Balaban J connectivity index is 1.94. The molecule has 2 aromatic rings. The maximum Gasteiger partial charge on any atom is 0.326 e. The first-order valence-electron chi connectivity index (χ1n) is 7.66. The van der Waals surface area contributed by atoms with Gasteiger partial charge in [-0.2, -0.15) is 0 Å². The lowest BCUT2D eigenvalue weighted by Gasteiger charge is -2.15. The topological polar surface area (TPSA) is 126 Å². The molecule has 0 aliphatic heterocycles. The SMILES string of the molecule is NC(=O)NCCCC(NC(=O)Cn1ccc2ccc(Br)cc21)C(=O)O. The van der Waals surface area contributed by atoms with Crippen molar-refractivity contribution in [1.29, 1.82) is 0 Å². The Labute approximate surface area is 152 Å². The molecule has 1 aromatic carbocycles. The van der Waals surface area contributed by atoms with E-state index in [-0.39, 0.29) is 19.5 Å². The number of primary amides is 1. The molecule has 0 aliphatic carbocycles. The van der Waals surface area contributed by atoms with Crippen LogP contribution >= 0.6 is 15.9 Å². The van der Waals surface area contributed by atoms with Crippen molar-refractivity contribution in [2.75, 3.05) is 6.54 Å². The van der Waals surface area contributed by atoms with Gasteiger partial charge in [-0.15, -0.1) is 0 Å². The van der Waals surface area contributed by atoms with Gasteiger partial charge >= 0.3 is 12.0 Å². The number of nitrogens with two attached hydrogens (primary N) is 1. The lowest BCUT2D eigenvalue weighted by molar-refractivity contribution is -0.142. The third kappa shape index (κ3) is 5.49. The van der Waals surface area contributed by atoms with Gasteiger partial charge in [0.25, 0.3) is 0 Å². The van der Waals surface area contributed by atoms with Crippen LogP contribution in [0.3, 0.4) is 0 Å². The van der Waals surface area contributed by atoms with E-state index in [9.17, 15) is 19.5 Å². The van der Waals surface area contributed by atoms with Crippen molar-refractivity contribution in [3.63, 3.8) is 0 Å². The predicted octanol–water partition coefficient (Wildman–Crippen LogP) is 1.42. The zero-order chi connectivity index (χ0) is 18.4. The summed E-state index contributed by atoms with van der Waals surface area (Å²) in [5.74, 6) is -1.51. The van der Waals surface area contributed by atoms with Crippen LogP contribution in [0.5, 0.6) is 0 Å². The number of hydrogen-bond acceptors (Lipinski definition) is 3. The number of amides is 3. The number of aliphatic carboxylic acids is 1. The Morgan fingerprint density at radius 1 is 1.28 bits per heavy atom. The number of carboxylic acid groups (broad SMARTS) is 1. The van der Waals surface area contributed by atoms with Gasteiger partial charge in [-0.1, -0.05) is 22.0 Å². The van der Waals surface area contributed by atoms with E-state index in [1.807, 2.05) is 24.3 Å². The number of rotatable bonds is 8. The molecule has 1 aromatic heterocycles. The predicted molar refractivity (Wildman–Crippen MR) is 96.0 cm³/mol. The van der Waals surface area contributed by atoms with Gasteiger partial charge in [0.1, 0.15) is 12.6 Å². The zero-order valence-electron chi connectivity index (χ0n) is 13.4. The molecule has 0 spiro atoms. The fraction of sp³-hybridized carbons (Fsp3) is 0.312. The molecule has 9 heteroatoms. The summed E-state index contributed by atoms with van der Waals surface area (Å²) in [5, 5.41) is 15.1. The van der Waals surface area contributed by atoms with Crippen LogP contribution in [0.1, 0.15) is 12.8 Å². The first kappa shape index (κ1) is 18.8. The summed E-state index contributed by atoms with van der Waals surface area (Å²) in [4.78, 5) is 34.1.